The Labute approximate surface area is 133 Å². The largest absolute Gasteiger partial charge is 0.293 e. The van der Waals surface area contributed by atoms with Gasteiger partial charge in [-0.15, -0.1) is 0 Å². The molecule has 110 valence electrons. The highest BCUT2D eigenvalue weighted by Crippen LogP contribution is 2.19. The van der Waals surface area contributed by atoms with E-state index in [9.17, 15) is 0 Å². The molecule has 4 nitrogen and oxygen atoms in total. The standard InChI is InChI=1S/C16H19BrN4/c1-2-4-16-18-9-12-10-21(8-7-14(12)20-16)11-13-5-3-6-15(17)19-13/h3,5-6,9H,2,4,7-8,10-11H2,1H3. The van der Waals surface area contributed by atoms with E-state index in [1.165, 1.54) is 11.3 Å². The van der Waals surface area contributed by atoms with Gasteiger partial charge in [-0.2, -0.15) is 0 Å². The summed E-state index contributed by atoms with van der Waals surface area (Å²) in [4.78, 5) is 16.1. The average molecular weight is 347 g/mol. The summed E-state index contributed by atoms with van der Waals surface area (Å²) in [5.41, 5.74) is 3.58. The highest BCUT2D eigenvalue weighted by molar-refractivity contribution is 9.10. The van der Waals surface area contributed by atoms with Gasteiger partial charge in [-0.05, 0) is 34.5 Å². The van der Waals surface area contributed by atoms with Crippen LogP contribution in [0.1, 0.15) is 36.1 Å². The number of hydrogen-bond donors (Lipinski definition) is 0. The van der Waals surface area contributed by atoms with E-state index < -0.39 is 0 Å². The number of pyridine rings is 1. The van der Waals surface area contributed by atoms with Crippen LogP contribution in [0.25, 0.3) is 0 Å². The van der Waals surface area contributed by atoms with Crippen LogP contribution in [-0.4, -0.2) is 26.4 Å². The second-order valence-electron chi connectivity index (χ2n) is 5.42. The van der Waals surface area contributed by atoms with Crippen molar-refractivity contribution in [1.82, 2.24) is 19.9 Å². The molecular formula is C16H19BrN4. The molecule has 5 heteroatoms. The topological polar surface area (TPSA) is 41.9 Å². The molecule has 0 unspecified atom stereocenters. The summed E-state index contributed by atoms with van der Waals surface area (Å²) in [6, 6.07) is 6.06. The first-order valence-corrected chi connectivity index (χ1v) is 8.21. The molecule has 0 fully saturated rings. The summed E-state index contributed by atoms with van der Waals surface area (Å²) < 4.78 is 0.893. The van der Waals surface area contributed by atoms with Crippen LogP contribution in [0, 0.1) is 0 Å². The number of nitrogens with zero attached hydrogens (tertiary/aromatic N) is 4. The minimum absolute atomic E-state index is 0.871. The zero-order valence-electron chi connectivity index (χ0n) is 12.2. The van der Waals surface area contributed by atoms with Crippen LogP contribution in [0.4, 0.5) is 0 Å². The quantitative estimate of drug-likeness (QED) is 0.797. The Morgan fingerprint density at radius 2 is 2.19 bits per heavy atom. The van der Waals surface area contributed by atoms with Crippen molar-refractivity contribution in [2.45, 2.75) is 39.3 Å². The number of aromatic nitrogens is 3. The fraction of sp³-hybridized carbons (Fsp3) is 0.438. The first kappa shape index (κ1) is 14.6. The Morgan fingerprint density at radius 3 is 3.00 bits per heavy atom. The second kappa shape index (κ2) is 6.62. The molecule has 0 atom stereocenters. The Morgan fingerprint density at radius 1 is 1.29 bits per heavy atom. The highest BCUT2D eigenvalue weighted by atomic mass is 79.9. The van der Waals surface area contributed by atoms with Gasteiger partial charge in [0.25, 0.3) is 0 Å². The van der Waals surface area contributed by atoms with E-state index in [-0.39, 0.29) is 0 Å². The molecule has 0 aliphatic carbocycles. The lowest BCUT2D eigenvalue weighted by Gasteiger charge is -2.27. The monoisotopic (exact) mass is 346 g/mol. The van der Waals surface area contributed by atoms with Crippen LogP contribution in [0.15, 0.2) is 29.0 Å². The lowest BCUT2D eigenvalue weighted by molar-refractivity contribution is 0.239. The zero-order chi connectivity index (χ0) is 14.7. The summed E-state index contributed by atoms with van der Waals surface area (Å²) in [6.45, 7) is 4.98. The summed E-state index contributed by atoms with van der Waals surface area (Å²) >= 11 is 3.43. The van der Waals surface area contributed by atoms with Crippen molar-refractivity contribution in [2.24, 2.45) is 0 Å². The predicted octanol–water partition coefficient (Wildman–Crippen LogP) is 3.14. The minimum Gasteiger partial charge on any atom is -0.293 e. The van der Waals surface area contributed by atoms with Crippen molar-refractivity contribution < 1.29 is 0 Å². The average Bonchev–Trinajstić information content (AvgIpc) is 2.48. The number of fused-ring (bicyclic) bond motifs is 1. The van der Waals surface area contributed by atoms with E-state index in [1.807, 2.05) is 18.3 Å². The maximum Gasteiger partial charge on any atom is 0.128 e. The molecule has 21 heavy (non-hydrogen) atoms. The summed E-state index contributed by atoms with van der Waals surface area (Å²) in [7, 11) is 0. The van der Waals surface area contributed by atoms with Crippen molar-refractivity contribution in [1.29, 1.82) is 0 Å². The van der Waals surface area contributed by atoms with Crippen molar-refractivity contribution in [3.05, 3.63) is 51.8 Å². The fourth-order valence-electron chi connectivity index (χ4n) is 2.66. The third-order valence-corrected chi connectivity index (χ3v) is 4.14. The minimum atomic E-state index is 0.871. The molecule has 3 heterocycles. The van der Waals surface area contributed by atoms with Gasteiger partial charge in [0.2, 0.25) is 0 Å². The molecule has 2 aromatic heterocycles. The van der Waals surface area contributed by atoms with E-state index in [2.05, 4.69) is 43.8 Å². The molecule has 0 bridgehead atoms. The highest BCUT2D eigenvalue weighted by Gasteiger charge is 2.18. The third-order valence-electron chi connectivity index (χ3n) is 3.69. The lowest BCUT2D eigenvalue weighted by Crippen LogP contribution is -2.31. The molecule has 2 aromatic rings. The van der Waals surface area contributed by atoms with Crippen LogP contribution in [0.5, 0.6) is 0 Å². The van der Waals surface area contributed by atoms with Gasteiger partial charge in [0.05, 0.1) is 5.69 Å². The molecule has 0 aromatic carbocycles. The van der Waals surface area contributed by atoms with Crippen LogP contribution in [0.3, 0.4) is 0 Å². The molecule has 1 aliphatic heterocycles. The Bertz CT molecular complexity index is 629. The lowest BCUT2D eigenvalue weighted by atomic mass is 10.1. The predicted molar refractivity (Wildman–Crippen MR) is 85.8 cm³/mol. The van der Waals surface area contributed by atoms with E-state index in [0.29, 0.717) is 0 Å². The van der Waals surface area contributed by atoms with Crippen molar-refractivity contribution in [2.75, 3.05) is 6.54 Å². The first-order valence-electron chi connectivity index (χ1n) is 7.42. The third kappa shape index (κ3) is 3.66. The van der Waals surface area contributed by atoms with Gasteiger partial charge in [0, 0.05) is 49.9 Å². The van der Waals surface area contributed by atoms with Gasteiger partial charge in [0.15, 0.2) is 0 Å². The van der Waals surface area contributed by atoms with E-state index in [1.54, 1.807) is 0 Å². The molecule has 0 spiro atoms. The second-order valence-corrected chi connectivity index (χ2v) is 6.23. The Hall–Kier alpha value is -1.33. The van der Waals surface area contributed by atoms with Gasteiger partial charge >= 0.3 is 0 Å². The van der Waals surface area contributed by atoms with E-state index in [0.717, 1.165) is 55.0 Å². The molecular weight excluding hydrogens is 328 g/mol. The Balaban J connectivity index is 1.70. The summed E-state index contributed by atoms with van der Waals surface area (Å²) in [5, 5.41) is 0. The SMILES string of the molecule is CCCc1ncc2c(n1)CCN(Cc1cccc(Br)n1)C2. The van der Waals surface area contributed by atoms with E-state index >= 15 is 0 Å². The molecule has 0 radical (unpaired) electrons. The number of hydrogen-bond acceptors (Lipinski definition) is 4. The summed E-state index contributed by atoms with van der Waals surface area (Å²) in [6.07, 6.45) is 5.08. The van der Waals surface area contributed by atoms with Crippen molar-refractivity contribution in [3.8, 4) is 0 Å². The van der Waals surface area contributed by atoms with Crippen LogP contribution in [0.2, 0.25) is 0 Å². The molecule has 3 rings (SSSR count). The smallest absolute Gasteiger partial charge is 0.128 e. The first-order chi connectivity index (χ1) is 10.2. The summed E-state index contributed by atoms with van der Waals surface area (Å²) in [5.74, 6) is 0.985. The van der Waals surface area contributed by atoms with Crippen molar-refractivity contribution in [3.63, 3.8) is 0 Å². The van der Waals surface area contributed by atoms with Crippen molar-refractivity contribution >= 4 is 15.9 Å². The van der Waals surface area contributed by atoms with Crippen LogP contribution < -0.4 is 0 Å². The molecule has 0 N–H and O–H groups in total. The maximum atomic E-state index is 4.70. The normalized spacial score (nSPS) is 15.0. The molecule has 1 aliphatic rings. The van der Waals surface area contributed by atoms with Gasteiger partial charge < -0.3 is 0 Å². The number of halogens is 1. The van der Waals surface area contributed by atoms with Crippen LogP contribution in [-0.2, 0) is 25.9 Å². The fourth-order valence-corrected chi connectivity index (χ4v) is 3.04. The maximum absolute atomic E-state index is 4.70. The molecule has 0 saturated heterocycles. The van der Waals surface area contributed by atoms with Gasteiger partial charge in [-0.3, -0.25) is 4.90 Å². The van der Waals surface area contributed by atoms with E-state index in [4.69, 9.17) is 4.98 Å². The van der Waals surface area contributed by atoms with Gasteiger partial charge in [-0.1, -0.05) is 13.0 Å². The van der Waals surface area contributed by atoms with Crippen LogP contribution >= 0.6 is 15.9 Å². The number of aryl methyl sites for hydroxylation is 1. The molecule has 0 saturated carbocycles. The number of rotatable bonds is 4. The zero-order valence-corrected chi connectivity index (χ0v) is 13.8. The van der Waals surface area contributed by atoms with Gasteiger partial charge in [0.1, 0.15) is 10.4 Å². The Kier molecular flexibility index (Phi) is 4.60. The van der Waals surface area contributed by atoms with Gasteiger partial charge in [-0.25, -0.2) is 15.0 Å². The molecule has 0 amide bonds.